The van der Waals surface area contributed by atoms with Gasteiger partial charge in [-0.3, -0.25) is 4.57 Å². The van der Waals surface area contributed by atoms with Crippen LogP contribution in [0.4, 0.5) is 0 Å². The van der Waals surface area contributed by atoms with Gasteiger partial charge in [-0.1, -0.05) is 169 Å². The third-order valence-electron chi connectivity index (χ3n) is 9.25. The van der Waals surface area contributed by atoms with Crippen LogP contribution in [0.15, 0.2) is 200 Å². The van der Waals surface area contributed by atoms with E-state index < -0.39 is 184 Å². The zero-order chi connectivity index (χ0) is 57.0. The number of hydrogen-bond acceptors (Lipinski definition) is 3. The van der Waals surface area contributed by atoms with Crippen molar-refractivity contribution in [1.82, 2.24) is 24.1 Å². The van der Waals surface area contributed by atoms with Crippen molar-refractivity contribution in [3.63, 3.8) is 0 Å². The first kappa shape index (κ1) is 16.4. The van der Waals surface area contributed by atoms with E-state index in [2.05, 4.69) is 4.98 Å². The molecule has 0 saturated heterocycles. The van der Waals surface area contributed by atoms with Crippen LogP contribution in [0.1, 0.15) is 31.5 Å². The van der Waals surface area contributed by atoms with Crippen molar-refractivity contribution in [2.45, 2.75) is 0 Å². The monoisotopic (exact) mass is 738 g/mol. The summed E-state index contributed by atoms with van der Waals surface area (Å²) in [5.41, 5.74) is -2.42. The summed E-state index contributed by atoms with van der Waals surface area (Å²) in [4.78, 5) is 13.9. The van der Waals surface area contributed by atoms with Gasteiger partial charge in [0.2, 0.25) is 5.95 Å². The van der Waals surface area contributed by atoms with Crippen LogP contribution in [0.5, 0.6) is 0 Å². The SMILES string of the molecule is [2H]c1c([2H])c([2H])c(-c2nc(-c3c([2H])c([2H])c(-c4c([2H])c([2H])c([2H])c([2H])c4[2H])c([2H])c3[2H])nc(-n3c4ccccc4c4cc5c6ccccc6n(-c6c([2H])c([2H])c([2H])c([2H])c6-c6c([2H])c([2H])c([2H])c([2H])c6[2H])c5cc43)n2)c([2H])c1[2H]. The summed E-state index contributed by atoms with van der Waals surface area (Å²) in [7, 11) is 0. The van der Waals surface area contributed by atoms with Crippen LogP contribution in [0.2, 0.25) is 0 Å². The average Bonchev–Trinajstić information content (AvgIpc) is 4.21. The van der Waals surface area contributed by atoms with Gasteiger partial charge < -0.3 is 4.57 Å². The Labute approximate surface area is 355 Å². The molecule has 11 rings (SSSR count). The van der Waals surface area contributed by atoms with Crippen molar-refractivity contribution in [3.8, 4) is 56.7 Å². The van der Waals surface area contributed by atoms with Crippen LogP contribution in [-0.2, 0) is 0 Å². The van der Waals surface area contributed by atoms with Crippen LogP contribution in [0.25, 0.3) is 100 Å². The summed E-state index contributed by atoms with van der Waals surface area (Å²) < 4.78 is 205. The maximum Gasteiger partial charge on any atom is 0.238 e. The van der Waals surface area contributed by atoms with Crippen molar-refractivity contribution in [2.24, 2.45) is 0 Å². The van der Waals surface area contributed by atoms with Gasteiger partial charge in [0.1, 0.15) is 0 Å². The van der Waals surface area contributed by atoms with E-state index in [0.29, 0.717) is 32.6 Å². The summed E-state index contributed by atoms with van der Waals surface area (Å²) in [6.07, 6.45) is 0. The molecule has 8 aromatic carbocycles. The van der Waals surface area contributed by atoms with E-state index in [1.807, 2.05) is 0 Å². The average molecular weight is 739 g/mol. The lowest BCUT2D eigenvalue weighted by atomic mass is 10.0. The van der Waals surface area contributed by atoms with Crippen LogP contribution in [0.3, 0.4) is 0 Å². The van der Waals surface area contributed by atoms with Crippen LogP contribution >= 0.6 is 0 Å². The highest BCUT2D eigenvalue weighted by Crippen LogP contribution is 2.41. The Hall–Kier alpha value is -7.63. The molecule has 0 aliphatic rings. The molecule has 0 bridgehead atoms. The number of rotatable bonds is 6. The largest absolute Gasteiger partial charge is 0.309 e. The standard InChI is InChI=1S/C51H33N5/c1-4-16-34(17-5-1)35-28-30-38(31-29-35)50-52-49(37-20-8-3-9-21-37)53-51(54-50)56-46-27-15-12-24-41(46)43-32-42-40-23-11-14-26-45(40)55(47(42)33-48(43)56)44-25-13-10-22-39(44)36-18-6-2-7-19-36/h1-33H/i1D,2D,3D,4D,5D,6D,7D,8D,9D,10D,13D,16D,17D,18D,19D,20D,21D,22D,25D,28D,29D,30D,31D. The van der Waals surface area contributed by atoms with Gasteiger partial charge in [0.15, 0.2) is 11.6 Å². The Balaban J connectivity index is 1.29. The van der Waals surface area contributed by atoms with Crippen molar-refractivity contribution in [3.05, 3.63) is 200 Å². The molecule has 0 N–H and O–H groups in total. The van der Waals surface area contributed by atoms with Crippen molar-refractivity contribution in [2.75, 3.05) is 0 Å². The molecule has 56 heavy (non-hydrogen) atoms. The molecule has 262 valence electrons. The molecule has 5 nitrogen and oxygen atoms in total. The smallest absolute Gasteiger partial charge is 0.238 e. The van der Waals surface area contributed by atoms with Crippen LogP contribution < -0.4 is 0 Å². The first-order valence-corrected chi connectivity index (χ1v) is 17.0. The van der Waals surface area contributed by atoms with Gasteiger partial charge in [-0.15, -0.1) is 0 Å². The number of aromatic nitrogens is 5. The van der Waals surface area contributed by atoms with Crippen LogP contribution in [-0.4, -0.2) is 24.1 Å². The fourth-order valence-electron chi connectivity index (χ4n) is 6.89. The summed E-state index contributed by atoms with van der Waals surface area (Å²) in [6, 6.07) is -0.590. The first-order chi connectivity index (χ1) is 37.3. The molecule has 0 spiro atoms. The number of fused-ring (bicyclic) bond motifs is 6. The van der Waals surface area contributed by atoms with Crippen molar-refractivity contribution < 1.29 is 31.5 Å². The van der Waals surface area contributed by atoms with E-state index in [0.717, 1.165) is 0 Å². The minimum Gasteiger partial charge on any atom is -0.309 e. The van der Waals surface area contributed by atoms with Gasteiger partial charge in [-0.25, -0.2) is 4.98 Å². The lowest BCUT2D eigenvalue weighted by Crippen LogP contribution is -2.06. The highest BCUT2D eigenvalue weighted by atomic mass is 15.2. The molecule has 0 atom stereocenters. The van der Waals surface area contributed by atoms with Gasteiger partial charge in [0, 0.05) is 38.2 Å². The summed E-state index contributed by atoms with van der Waals surface area (Å²) in [6.45, 7) is 0. The predicted molar refractivity (Wildman–Crippen MR) is 230 cm³/mol. The van der Waals surface area contributed by atoms with Gasteiger partial charge >= 0.3 is 0 Å². The lowest BCUT2D eigenvalue weighted by molar-refractivity contribution is 0.953. The topological polar surface area (TPSA) is 48.5 Å². The van der Waals surface area contributed by atoms with Gasteiger partial charge in [-0.05, 0) is 47.0 Å². The lowest BCUT2D eigenvalue weighted by Gasteiger charge is -2.14. The molecule has 3 heterocycles. The molecule has 5 heteroatoms. The zero-order valence-corrected chi connectivity index (χ0v) is 28.5. The molecular weight excluding hydrogens is 683 g/mol. The molecule has 0 amide bonds. The molecule has 0 saturated carbocycles. The third-order valence-corrected chi connectivity index (χ3v) is 9.25. The maximum absolute atomic E-state index is 9.47. The van der Waals surface area contributed by atoms with Gasteiger partial charge in [0.05, 0.1) is 59.3 Å². The summed E-state index contributed by atoms with van der Waals surface area (Å²) in [5.74, 6) is -1.60. The van der Waals surface area contributed by atoms with E-state index in [-0.39, 0.29) is 22.7 Å². The quantitative estimate of drug-likeness (QED) is 0.171. The zero-order valence-electron chi connectivity index (χ0n) is 51.5. The number of hydrogen-bond donors (Lipinski definition) is 0. The minimum atomic E-state index is -0.866. The molecule has 11 aromatic rings. The molecule has 0 radical (unpaired) electrons. The molecular formula is C51H33N5. The van der Waals surface area contributed by atoms with Crippen molar-refractivity contribution >= 4 is 43.6 Å². The van der Waals surface area contributed by atoms with E-state index in [1.54, 1.807) is 60.7 Å². The Morgan fingerprint density at radius 3 is 1.46 bits per heavy atom. The van der Waals surface area contributed by atoms with E-state index in [4.69, 9.17) is 33.3 Å². The molecule has 3 aromatic heterocycles. The highest BCUT2D eigenvalue weighted by Gasteiger charge is 2.22. The number of nitrogens with zero attached hydrogens (tertiary/aromatic N) is 5. The second-order valence-corrected chi connectivity index (χ2v) is 12.3. The summed E-state index contributed by atoms with van der Waals surface area (Å²) >= 11 is 0. The second kappa shape index (κ2) is 13.0. The predicted octanol–water partition coefficient (Wildman–Crippen LogP) is 12.7. The Kier molecular flexibility index (Phi) is 3.82. The van der Waals surface area contributed by atoms with Gasteiger partial charge in [0.25, 0.3) is 0 Å². The van der Waals surface area contributed by atoms with Gasteiger partial charge in [-0.2, -0.15) is 9.97 Å². The van der Waals surface area contributed by atoms with Crippen molar-refractivity contribution in [1.29, 1.82) is 0 Å². The number of benzene rings is 8. The fourth-order valence-corrected chi connectivity index (χ4v) is 6.89. The number of para-hydroxylation sites is 3. The van der Waals surface area contributed by atoms with Crippen LogP contribution in [0, 0.1) is 0 Å². The maximum atomic E-state index is 9.47. The third kappa shape index (κ3) is 5.21. The molecule has 0 fully saturated rings. The second-order valence-electron chi connectivity index (χ2n) is 12.3. The molecule has 0 aliphatic carbocycles. The molecule has 0 aliphatic heterocycles. The van der Waals surface area contributed by atoms with E-state index in [9.17, 15) is 8.22 Å². The Morgan fingerprint density at radius 1 is 0.357 bits per heavy atom. The normalized spacial score (nSPS) is 17.3. The van der Waals surface area contributed by atoms with E-state index in [1.165, 1.54) is 9.13 Å². The Bertz CT molecular complexity index is 4490. The van der Waals surface area contributed by atoms with E-state index >= 15 is 0 Å². The molecule has 0 unspecified atom stereocenters. The minimum absolute atomic E-state index is 0.236. The fraction of sp³-hybridized carbons (Fsp3) is 0. The highest BCUT2D eigenvalue weighted by molar-refractivity contribution is 6.19. The summed E-state index contributed by atoms with van der Waals surface area (Å²) in [5, 5.41) is 2.11. The Morgan fingerprint density at radius 2 is 0.821 bits per heavy atom. The first-order valence-electron chi connectivity index (χ1n) is 28.5.